The van der Waals surface area contributed by atoms with E-state index < -0.39 is 29.2 Å². The van der Waals surface area contributed by atoms with Crippen LogP contribution in [0.25, 0.3) is 0 Å². The number of esters is 2. The first-order chi connectivity index (χ1) is 14.8. The zero-order chi connectivity index (χ0) is 21.8. The van der Waals surface area contributed by atoms with Gasteiger partial charge in [-0.2, -0.15) is 0 Å². The van der Waals surface area contributed by atoms with Crippen molar-refractivity contribution in [1.29, 1.82) is 0 Å². The summed E-state index contributed by atoms with van der Waals surface area (Å²) in [6, 6.07) is 13.9. The van der Waals surface area contributed by atoms with Crippen LogP contribution in [0.1, 0.15) is 25.0 Å². The molecule has 6 nitrogen and oxygen atoms in total. The van der Waals surface area contributed by atoms with Gasteiger partial charge in [0.2, 0.25) is 0 Å². The fourth-order valence-corrected chi connectivity index (χ4v) is 5.05. The highest BCUT2D eigenvalue weighted by molar-refractivity contribution is 6.04. The van der Waals surface area contributed by atoms with Crippen LogP contribution >= 0.6 is 0 Å². The van der Waals surface area contributed by atoms with Gasteiger partial charge in [-0.05, 0) is 29.3 Å². The van der Waals surface area contributed by atoms with Crippen molar-refractivity contribution in [2.75, 3.05) is 24.5 Å². The third-order valence-corrected chi connectivity index (χ3v) is 6.53. The largest absolute Gasteiger partial charge is 0.422 e. The molecule has 7 heteroatoms. The van der Waals surface area contributed by atoms with Crippen molar-refractivity contribution in [3.05, 3.63) is 65.5 Å². The fourth-order valence-electron chi connectivity index (χ4n) is 5.05. The molecule has 0 aliphatic carbocycles. The van der Waals surface area contributed by atoms with Crippen LogP contribution in [0, 0.1) is 11.2 Å². The summed E-state index contributed by atoms with van der Waals surface area (Å²) in [7, 11) is 0. The van der Waals surface area contributed by atoms with Gasteiger partial charge in [-0.1, -0.05) is 30.3 Å². The Balaban J connectivity index is 1.51. The van der Waals surface area contributed by atoms with Crippen molar-refractivity contribution < 1.29 is 23.5 Å². The lowest BCUT2D eigenvalue weighted by Crippen LogP contribution is -2.70. The zero-order valence-corrected chi connectivity index (χ0v) is 17.6. The van der Waals surface area contributed by atoms with E-state index in [0.29, 0.717) is 19.6 Å². The molecule has 3 heterocycles. The maximum absolute atomic E-state index is 13.4. The maximum atomic E-state index is 13.4. The van der Waals surface area contributed by atoms with Crippen molar-refractivity contribution >= 4 is 17.6 Å². The second-order valence-corrected chi connectivity index (χ2v) is 9.03. The first-order valence-electron chi connectivity index (χ1n) is 10.6. The number of hydrogen-bond donors (Lipinski definition) is 0. The molecule has 1 unspecified atom stereocenters. The van der Waals surface area contributed by atoms with E-state index in [9.17, 15) is 14.0 Å². The molecule has 3 aliphatic heterocycles. The minimum Gasteiger partial charge on any atom is -0.422 e. The number of cyclic esters (lactones) is 2. The normalized spacial score (nSPS) is 24.2. The average molecular weight is 424 g/mol. The van der Waals surface area contributed by atoms with E-state index in [1.54, 1.807) is 26.0 Å². The molecule has 1 spiro atoms. The Labute approximate surface area is 180 Å². The summed E-state index contributed by atoms with van der Waals surface area (Å²) in [6.45, 7) is 5.68. The van der Waals surface area contributed by atoms with E-state index in [2.05, 4.69) is 9.80 Å². The summed E-state index contributed by atoms with van der Waals surface area (Å²) in [5, 5.41) is 0. The van der Waals surface area contributed by atoms with Gasteiger partial charge in [0, 0.05) is 52.1 Å². The first kappa shape index (κ1) is 20.0. The Morgan fingerprint density at radius 1 is 1.00 bits per heavy atom. The number of nitrogens with zero attached hydrogens (tertiary/aromatic N) is 2. The van der Waals surface area contributed by atoms with E-state index in [0.717, 1.165) is 23.4 Å². The summed E-state index contributed by atoms with van der Waals surface area (Å²) in [6.07, 6.45) is 0.252. The van der Waals surface area contributed by atoms with Crippen molar-refractivity contribution in [2.24, 2.45) is 5.41 Å². The summed E-state index contributed by atoms with van der Waals surface area (Å²) in [5.74, 6) is -2.60. The molecule has 1 atom stereocenters. The van der Waals surface area contributed by atoms with Gasteiger partial charge < -0.3 is 14.4 Å². The summed E-state index contributed by atoms with van der Waals surface area (Å²) < 4.78 is 24.5. The highest BCUT2D eigenvalue weighted by atomic mass is 19.1. The molecule has 162 valence electrons. The summed E-state index contributed by atoms with van der Waals surface area (Å²) in [4.78, 5) is 31.1. The number of halogens is 1. The molecule has 0 amide bonds. The smallest absolute Gasteiger partial charge is 0.329 e. The molecule has 0 N–H and O–H groups in total. The van der Waals surface area contributed by atoms with Crippen LogP contribution in [-0.2, 0) is 32.0 Å². The number of ether oxygens (including phenoxy) is 2. The quantitative estimate of drug-likeness (QED) is 0.546. The Kier molecular flexibility index (Phi) is 4.55. The lowest BCUT2D eigenvalue weighted by molar-refractivity contribution is -0.253. The molecule has 0 radical (unpaired) electrons. The van der Waals surface area contributed by atoms with Gasteiger partial charge in [0.05, 0.1) is 6.04 Å². The van der Waals surface area contributed by atoms with Crippen molar-refractivity contribution in [3.8, 4) is 0 Å². The van der Waals surface area contributed by atoms with Gasteiger partial charge in [0.25, 0.3) is 5.79 Å². The number of carbonyl (C=O) groups excluding carboxylic acids is 2. The van der Waals surface area contributed by atoms with Crippen LogP contribution in [0.15, 0.2) is 48.5 Å². The zero-order valence-electron chi connectivity index (χ0n) is 17.6. The molecule has 5 rings (SSSR count). The molecule has 2 saturated heterocycles. The van der Waals surface area contributed by atoms with Crippen molar-refractivity contribution in [1.82, 2.24) is 4.90 Å². The number of fused-ring (bicyclic) bond motifs is 4. The van der Waals surface area contributed by atoms with Gasteiger partial charge >= 0.3 is 11.9 Å². The van der Waals surface area contributed by atoms with Gasteiger partial charge in [-0.3, -0.25) is 14.5 Å². The topological polar surface area (TPSA) is 59.1 Å². The van der Waals surface area contributed by atoms with E-state index in [1.807, 2.05) is 24.3 Å². The van der Waals surface area contributed by atoms with Crippen molar-refractivity contribution in [2.45, 2.75) is 38.6 Å². The lowest BCUT2D eigenvalue weighted by atomic mass is 9.69. The molecule has 3 aliphatic rings. The number of para-hydroxylation sites is 1. The van der Waals surface area contributed by atoms with E-state index in [1.165, 1.54) is 12.1 Å². The summed E-state index contributed by atoms with van der Waals surface area (Å²) >= 11 is 0. The van der Waals surface area contributed by atoms with Gasteiger partial charge in [0.15, 0.2) is 5.41 Å². The maximum Gasteiger partial charge on any atom is 0.329 e. The van der Waals surface area contributed by atoms with Crippen LogP contribution in [0.3, 0.4) is 0 Å². The molecule has 2 aromatic carbocycles. The van der Waals surface area contributed by atoms with Gasteiger partial charge in [0.1, 0.15) is 5.82 Å². The minimum absolute atomic E-state index is 0.252. The van der Waals surface area contributed by atoms with Crippen LogP contribution in [0.4, 0.5) is 10.1 Å². The molecular weight excluding hydrogens is 399 g/mol. The number of piperazine rings is 1. The van der Waals surface area contributed by atoms with E-state index in [4.69, 9.17) is 9.47 Å². The molecule has 0 saturated carbocycles. The second-order valence-electron chi connectivity index (χ2n) is 9.03. The van der Waals surface area contributed by atoms with Gasteiger partial charge in [-0.15, -0.1) is 0 Å². The van der Waals surface area contributed by atoms with E-state index >= 15 is 0 Å². The van der Waals surface area contributed by atoms with Crippen LogP contribution in [-0.4, -0.2) is 48.3 Å². The highest BCUT2D eigenvalue weighted by Crippen LogP contribution is 2.47. The van der Waals surface area contributed by atoms with Crippen LogP contribution < -0.4 is 4.90 Å². The number of rotatable bonds is 2. The number of benzene rings is 2. The molecule has 0 bridgehead atoms. The Morgan fingerprint density at radius 2 is 1.68 bits per heavy atom. The third-order valence-electron chi connectivity index (χ3n) is 6.53. The standard InChI is InChI=1S/C24H25FN2O4/c1-23(2)30-21(28)24(22(29)31-23)13-17-5-3-4-6-19(17)27-12-11-26(15-20(24)27)14-16-7-9-18(25)10-8-16/h3-10,20H,11-15H2,1-2H3. The number of carbonyl (C=O) groups is 2. The SMILES string of the molecule is CC1(C)OC(=O)C2(Cc3ccccc3N3CCN(Cc4ccc(F)cc4)CC32)C(=O)O1. The Bertz CT molecular complexity index is 1020. The molecular formula is C24H25FN2O4. The van der Waals surface area contributed by atoms with Crippen LogP contribution in [0.5, 0.6) is 0 Å². The molecule has 0 aromatic heterocycles. The minimum atomic E-state index is -1.41. The monoisotopic (exact) mass is 424 g/mol. The molecule has 2 fully saturated rings. The average Bonchev–Trinajstić information content (AvgIpc) is 2.73. The predicted octanol–water partition coefficient (Wildman–Crippen LogP) is 2.90. The third kappa shape index (κ3) is 3.28. The van der Waals surface area contributed by atoms with Crippen LogP contribution in [0.2, 0.25) is 0 Å². The Morgan fingerprint density at radius 3 is 2.39 bits per heavy atom. The molecule has 2 aromatic rings. The summed E-state index contributed by atoms with van der Waals surface area (Å²) in [5.41, 5.74) is 1.56. The lowest BCUT2D eigenvalue weighted by Gasteiger charge is -2.54. The Hall–Kier alpha value is -2.93. The van der Waals surface area contributed by atoms with Crippen molar-refractivity contribution in [3.63, 3.8) is 0 Å². The predicted molar refractivity (Wildman–Crippen MR) is 112 cm³/mol. The number of hydrogen-bond acceptors (Lipinski definition) is 6. The van der Waals surface area contributed by atoms with E-state index in [-0.39, 0.29) is 12.2 Å². The number of anilines is 1. The molecule has 31 heavy (non-hydrogen) atoms. The fraction of sp³-hybridized carbons (Fsp3) is 0.417. The van der Waals surface area contributed by atoms with Gasteiger partial charge in [-0.25, -0.2) is 4.39 Å². The second kappa shape index (κ2) is 7.05. The highest BCUT2D eigenvalue weighted by Gasteiger charge is 2.64. The first-order valence-corrected chi connectivity index (χ1v) is 10.6.